The van der Waals surface area contributed by atoms with E-state index in [1.165, 1.54) is 6.07 Å². The maximum absolute atomic E-state index is 15.1. The highest BCUT2D eigenvalue weighted by molar-refractivity contribution is 7.99. The number of carbonyl (C=O) groups is 4. The van der Waals surface area contributed by atoms with Crippen LogP contribution in [0, 0.1) is 18.6 Å². The molecule has 3 aliphatic heterocycles. The lowest BCUT2D eigenvalue weighted by atomic mass is 10.0. The van der Waals surface area contributed by atoms with Gasteiger partial charge in [0.2, 0.25) is 23.7 Å². The third-order valence-corrected chi connectivity index (χ3v) is 12.9. The van der Waals surface area contributed by atoms with Crippen LogP contribution in [-0.4, -0.2) is 140 Å². The van der Waals surface area contributed by atoms with Gasteiger partial charge in [-0.05, 0) is 68.7 Å². The number of halogens is 2. The Labute approximate surface area is 391 Å². The number of hydrogen-bond acceptors (Lipinski definition) is 14. The van der Waals surface area contributed by atoms with Crippen LogP contribution in [0.25, 0.3) is 22.3 Å². The number of piperidine rings is 1. The smallest absolute Gasteiger partial charge is 0.255 e. The van der Waals surface area contributed by atoms with E-state index >= 15 is 8.78 Å². The Bertz CT molecular complexity index is 2610. The lowest BCUT2D eigenvalue weighted by molar-refractivity contribution is -0.137. The van der Waals surface area contributed by atoms with Crippen molar-refractivity contribution in [2.45, 2.75) is 70.1 Å². The van der Waals surface area contributed by atoms with E-state index in [1.54, 1.807) is 41.1 Å². The molecular weight excluding hydrogens is 887 g/mol. The van der Waals surface area contributed by atoms with Crippen LogP contribution >= 0.6 is 11.8 Å². The van der Waals surface area contributed by atoms with E-state index in [0.717, 1.165) is 35.3 Å². The lowest BCUT2D eigenvalue weighted by Crippen LogP contribution is -2.52. The Morgan fingerprint density at radius 3 is 2.40 bits per heavy atom. The van der Waals surface area contributed by atoms with Gasteiger partial charge in [0.1, 0.15) is 28.9 Å². The van der Waals surface area contributed by atoms with Gasteiger partial charge in [0.15, 0.2) is 11.6 Å². The number of ether oxygens (including phenoxy) is 3. The van der Waals surface area contributed by atoms with Crippen molar-refractivity contribution in [1.82, 2.24) is 44.5 Å². The highest BCUT2D eigenvalue weighted by atomic mass is 32.2. The number of benzene rings is 2. The van der Waals surface area contributed by atoms with Crippen molar-refractivity contribution in [2.75, 3.05) is 76.9 Å². The van der Waals surface area contributed by atoms with E-state index in [-0.39, 0.29) is 52.9 Å². The molecule has 5 aromatic rings. The summed E-state index contributed by atoms with van der Waals surface area (Å²) in [6.07, 6.45) is 3.64. The van der Waals surface area contributed by atoms with Crippen molar-refractivity contribution in [3.63, 3.8) is 0 Å². The number of imidazole rings is 1. The van der Waals surface area contributed by atoms with Crippen LogP contribution in [-0.2, 0) is 41.7 Å². The molecule has 8 rings (SSSR count). The highest BCUT2D eigenvalue weighted by Crippen LogP contribution is 2.35. The fourth-order valence-electron chi connectivity index (χ4n) is 8.57. The van der Waals surface area contributed by atoms with Gasteiger partial charge in [0.25, 0.3) is 5.91 Å². The van der Waals surface area contributed by atoms with E-state index in [4.69, 9.17) is 14.2 Å². The van der Waals surface area contributed by atoms with Crippen molar-refractivity contribution in [2.24, 2.45) is 0 Å². The molecule has 6 heterocycles. The van der Waals surface area contributed by atoms with Crippen molar-refractivity contribution in [3.05, 3.63) is 89.0 Å². The molecule has 2 N–H and O–H groups in total. The zero-order chi connectivity index (χ0) is 47.0. The molecule has 0 spiro atoms. The van der Waals surface area contributed by atoms with Gasteiger partial charge >= 0.3 is 0 Å². The number of nitrogens with one attached hydrogen (secondary N) is 2. The predicted molar refractivity (Wildman–Crippen MR) is 245 cm³/mol. The number of anilines is 2. The van der Waals surface area contributed by atoms with E-state index in [1.807, 2.05) is 48.4 Å². The molecule has 2 aromatic carbocycles. The summed E-state index contributed by atoms with van der Waals surface area (Å²) in [5, 5.41) is 5.36. The van der Waals surface area contributed by atoms with Crippen molar-refractivity contribution in [1.29, 1.82) is 0 Å². The fourth-order valence-corrected chi connectivity index (χ4v) is 9.51. The number of aryl methyl sites for hydroxylation is 1. The van der Waals surface area contributed by atoms with Gasteiger partial charge < -0.3 is 33.9 Å². The SMILES string of the molecule is Cc1nc2c(F)cc(-c3nc(Nc4ccc(CN5CCN(C(=O)CCOCCOCCOCCSc6cccc7c6CN(C6CCC(=O)NC6=O)C7=O)CC5)cn4)ncc3F)cc2n1C(C)C. The number of pyridine rings is 1. The number of hydrogen-bond donors (Lipinski definition) is 2. The summed E-state index contributed by atoms with van der Waals surface area (Å²) in [6, 6.07) is 11.6. The molecule has 67 heavy (non-hydrogen) atoms. The average Bonchev–Trinajstić information content (AvgIpc) is 3.84. The van der Waals surface area contributed by atoms with Crippen molar-refractivity contribution >= 4 is 58.2 Å². The molecular formula is C47H54F2N10O7S. The van der Waals surface area contributed by atoms with E-state index in [0.29, 0.717) is 107 Å². The summed E-state index contributed by atoms with van der Waals surface area (Å²) in [5.41, 5.74) is 3.50. The number of amides is 4. The summed E-state index contributed by atoms with van der Waals surface area (Å²) in [6.45, 7) is 11.8. The second kappa shape index (κ2) is 21.8. The quantitative estimate of drug-likeness (QED) is 0.0571. The second-order valence-electron chi connectivity index (χ2n) is 16.8. The molecule has 1 unspecified atom stereocenters. The average molecular weight is 941 g/mol. The molecule has 0 saturated carbocycles. The van der Waals surface area contributed by atoms with Gasteiger partial charge in [-0.3, -0.25) is 29.4 Å². The van der Waals surface area contributed by atoms with Crippen LogP contribution in [0.15, 0.2) is 59.8 Å². The number of aromatic nitrogens is 5. The van der Waals surface area contributed by atoms with Crippen LogP contribution < -0.4 is 10.6 Å². The molecule has 0 aliphatic carbocycles. The second-order valence-corrected chi connectivity index (χ2v) is 17.9. The molecule has 0 radical (unpaired) electrons. The summed E-state index contributed by atoms with van der Waals surface area (Å²) in [5.74, 6) is -0.173. The number of carbonyl (C=O) groups excluding carboxylic acids is 4. The molecule has 2 saturated heterocycles. The predicted octanol–water partition coefficient (Wildman–Crippen LogP) is 5.44. The maximum atomic E-state index is 15.1. The minimum absolute atomic E-state index is 0.0280. The van der Waals surface area contributed by atoms with Gasteiger partial charge in [-0.1, -0.05) is 12.1 Å². The molecule has 354 valence electrons. The van der Waals surface area contributed by atoms with Crippen LogP contribution in [0.5, 0.6) is 0 Å². The summed E-state index contributed by atoms with van der Waals surface area (Å²) in [7, 11) is 0. The van der Waals surface area contributed by atoms with Crippen molar-refractivity contribution < 1.29 is 42.2 Å². The number of imide groups is 1. The van der Waals surface area contributed by atoms with Crippen LogP contribution in [0.3, 0.4) is 0 Å². The Kier molecular flexibility index (Phi) is 15.5. The standard InChI is InChI=1S/C47H54F2N10O7S/c1-29(2)59-30(3)52-44-35(48)23-32(24-38(44)59)43-36(49)26-51-47(55-43)53-40-9-7-31(25-50-40)27-56-12-14-57(15-13-56)42(61)11-16-64-17-18-65-19-20-66-21-22-67-39-6-4-5-33-34(39)28-58(46(33)63)37-8-10-41(60)54-45(37)62/h4-7,9,23-26,29,37H,8,10-22,27-28H2,1-3H3,(H,54,60,62)(H,50,51,53,55). The third kappa shape index (κ3) is 11.4. The largest absolute Gasteiger partial charge is 0.379 e. The van der Waals surface area contributed by atoms with Crippen LogP contribution in [0.1, 0.15) is 66.5 Å². The number of nitrogens with zero attached hydrogens (tertiary/aromatic N) is 8. The lowest BCUT2D eigenvalue weighted by Gasteiger charge is -2.34. The summed E-state index contributed by atoms with van der Waals surface area (Å²) in [4.78, 5) is 73.9. The minimum atomic E-state index is -0.682. The Morgan fingerprint density at radius 2 is 1.67 bits per heavy atom. The van der Waals surface area contributed by atoms with Crippen molar-refractivity contribution in [3.8, 4) is 11.3 Å². The number of piperazine rings is 1. The van der Waals surface area contributed by atoms with E-state index < -0.39 is 23.6 Å². The zero-order valence-corrected chi connectivity index (χ0v) is 38.6. The number of fused-ring (bicyclic) bond motifs is 2. The molecule has 2 fully saturated rings. The molecule has 3 aromatic heterocycles. The molecule has 20 heteroatoms. The van der Waals surface area contributed by atoms with Gasteiger partial charge in [0, 0.05) is 79.7 Å². The topological polar surface area (TPSA) is 186 Å². The Hall–Kier alpha value is -5.93. The molecule has 3 aliphatic rings. The zero-order valence-electron chi connectivity index (χ0n) is 37.8. The van der Waals surface area contributed by atoms with Crippen LogP contribution in [0.2, 0.25) is 0 Å². The maximum Gasteiger partial charge on any atom is 0.255 e. The summed E-state index contributed by atoms with van der Waals surface area (Å²) < 4.78 is 49.1. The van der Waals surface area contributed by atoms with Gasteiger partial charge in [-0.25, -0.2) is 28.7 Å². The first-order chi connectivity index (χ1) is 32.4. The molecule has 4 amide bonds. The monoisotopic (exact) mass is 940 g/mol. The highest BCUT2D eigenvalue weighted by Gasteiger charge is 2.40. The van der Waals surface area contributed by atoms with E-state index in [2.05, 4.69) is 35.5 Å². The first-order valence-corrected chi connectivity index (χ1v) is 23.5. The van der Waals surface area contributed by atoms with Crippen LogP contribution in [0.4, 0.5) is 20.5 Å². The minimum Gasteiger partial charge on any atom is -0.379 e. The summed E-state index contributed by atoms with van der Waals surface area (Å²) >= 11 is 1.59. The fraction of sp³-hybridized carbons (Fsp3) is 0.447. The normalized spacial score (nSPS) is 16.6. The van der Waals surface area contributed by atoms with Gasteiger partial charge in [0.05, 0.1) is 57.8 Å². The molecule has 17 nitrogen and oxygen atoms in total. The number of rotatable bonds is 20. The first kappa shape index (κ1) is 47.6. The molecule has 1 atom stereocenters. The van der Waals surface area contributed by atoms with Gasteiger partial charge in [-0.2, -0.15) is 0 Å². The third-order valence-electron chi connectivity index (χ3n) is 11.9. The first-order valence-electron chi connectivity index (χ1n) is 22.5. The Balaban J connectivity index is 0.673. The molecule has 0 bridgehead atoms. The van der Waals surface area contributed by atoms with Gasteiger partial charge in [-0.15, -0.1) is 11.8 Å². The number of thioether (sulfide) groups is 1. The Morgan fingerprint density at radius 1 is 0.910 bits per heavy atom. The van der Waals surface area contributed by atoms with E-state index in [9.17, 15) is 19.2 Å².